The molecule has 0 saturated heterocycles. The molecule has 0 unspecified atom stereocenters. The highest BCUT2D eigenvalue weighted by Crippen LogP contribution is 2.40. The summed E-state index contributed by atoms with van der Waals surface area (Å²) < 4.78 is 42.1. The Bertz CT molecular complexity index is 431. The van der Waals surface area contributed by atoms with Gasteiger partial charge in [0.25, 0.3) is 5.91 Å². The normalized spacial score (nSPS) is 11.3. The van der Waals surface area contributed by atoms with Crippen LogP contribution >= 0.6 is 11.6 Å². The molecule has 16 heavy (non-hydrogen) atoms. The van der Waals surface area contributed by atoms with Crippen LogP contribution in [0.15, 0.2) is 12.1 Å². The number of alkyl halides is 3. The van der Waals surface area contributed by atoms with Crippen LogP contribution in [0, 0.1) is 0 Å². The van der Waals surface area contributed by atoms with Crippen LogP contribution < -0.4 is 10.5 Å². The Morgan fingerprint density at radius 1 is 1.44 bits per heavy atom. The van der Waals surface area contributed by atoms with Gasteiger partial charge in [0.15, 0.2) is 0 Å². The second-order valence-electron chi connectivity index (χ2n) is 2.87. The number of hydrogen-bond donors (Lipinski definition) is 1. The number of halogens is 4. The Hall–Kier alpha value is -1.43. The van der Waals surface area contributed by atoms with Gasteiger partial charge >= 0.3 is 6.18 Å². The van der Waals surface area contributed by atoms with Crippen LogP contribution in [0.2, 0.25) is 5.02 Å². The molecule has 3 nitrogen and oxygen atoms in total. The minimum atomic E-state index is -4.64. The summed E-state index contributed by atoms with van der Waals surface area (Å²) in [4.78, 5) is 11.0. The predicted octanol–water partition coefficient (Wildman–Crippen LogP) is 2.47. The molecular weight excluding hydrogens is 247 g/mol. The second kappa shape index (κ2) is 4.21. The van der Waals surface area contributed by atoms with Crippen LogP contribution in [0.4, 0.5) is 13.2 Å². The number of carbonyl (C=O) groups is 1. The Balaban J connectivity index is 3.56. The lowest BCUT2D eigenvalue weighted by Gasteiger charge is -2.15. The molecule has 1 aromatic carbocycles. The van der Waals surface area contributed by atoms with E-state index in [9.17, 15) is 18.0 Å². The molecule has 0 aromatic heterocycles. The minimum Gasteiger partial charge on any atom is -0.495 e. The van der Waals surface area contributed by atoms with Crippen molar-refractivity contribution in [3.63, 3.8) is 0 Å². The summed E-state index contributed by atoms with van der Waals surface area (Å²) in [5.41, 5.74) is 3.37. The smallest absolute Gasteiger partial charge is 0.419 e. The first-order chi connectivity index (χ1) is 7.29. The first kappa shape index (κ1) is 12.6. The molecule has 0 aliphatic carbocycles. The monoisotopic (exact) mass is 253 g/mol. The van der Waals surface area contributed by atoms with Gasteiger partial charge in [0.2, 0.25) is 0 Å². The topological polar surface area (TPSA) is 52.3 Å². The molecule has 0 aliphatic heterocycles. The number of amides is 1. The Morgan fingerprint density at radius 3 is 2.38 bits per heavy atom. The van der Waals surface area contributed by atoms with Crippen molar-refractivity contribution in [2.45, 2.75) is 6.18 Å². The average Bonchev–Trinajstić information content (AvgIpc) is 2.14. The Labute approximate surface area is 93.9 Å². The number of carbonyl (C=O) groups excluding carboxylic acids is 1. The maximum Gasteiger partial charge on any atom is 0.419 e. The van der Waals surface area contributed by atoms with E-state index in [1.54, 1.807) is 0 Å². The summed E-state index contributed by atoms with van der Waals surface area (Å²) in [5, 5.41) is -0.183. The molecule has 0 spiro atoms. The standard InChI is InChI=1S/C9H7ClF3NO2/c1-16-7-4(9(11,12)13)2-3-5(10)6(7)8(14)15/h2-3H,1H3,(H2,14,15). The summed E-state index contributed by atoms with van der Waals surface area (Å²) >= 11 is 5.58. The molecule has 7 heteroatoms. The fourth-order valence-electron chi connectivity index (χ4n) is 1.22. The zero-order valence-electron chi connectivity index (χ0n) is 8.06. The SMILES string of the molecule is COc1c(C(F)(F)F)ccc(Cl)c1C(N)=O. The molecule has 0 radical (unpaired) electrons. The van der Waals surface area contributed by atoms with Crippen molar-refractivity contribution >= 4 is 17.5 Å². The highest BCUT2D eigenvalue weighted by Gasteiger charge is 2.36. The lowest BCUT2D eigenvalue weighted by molar-refractivity contribution is -0.138. The number of primary amides is 1. The lowest BCUT2D eigenvalue weighted by Crippen LogP contribution is -2.17. The fourth-order valence-corrected chi connectivity index (χ4v) is 1.47. The van der Waals surface area contributed by atoms with Gasteiger partial charge in [-0.2, -0.15) is 13.2 Å². The third-order valence-electron chi connectivity index (χ3n) is 1.86. The number of methoxy groups -OCH3 is 1. The van der Waals surface area contributed by atoms with Crippen molar-refractivity contribution in [2.75, 3.05) is 7.11 Å². The molecule has 0 aliphatic rings. The van der Waals surface area contributed by atoms with Crippen molar-refractivity contribution in [1.29, 1.82) is 0 Å². The zero-order valence-corrected chi connectivity index (χ0v) is 8.82. The summed E-state index contributed by atoms with van der Waals surface area (Å²) in [6, 6.07) is 1.68. The van der Waals surface area contributed by atoms with Crippen molar-refractivity contribution in [2.24, 2.45) is 5.73 Å². The molecule has 2 N–H and O–H groups in total. The van der Waals surface area contributed by atoms with E-state index in [1.807, 2.05) is 0 Å². The molecule has 0 fully saturated rings. The van der Waals surface area contributed by atoms with Crippen molar-refractivity contribution in [3.8, 4) is 5.75 Å². The second-order valence-corrected chi connectivity index (χ2v) is 3.27. The van der Waals surface area contributed by atoms with Gasteiger partial charge in [-0.3, -0.25) is 4.79 Å². The van der Waals surface area contributed by atoms with Gasteiger partial charge in [0.05, 0.1) is 17.7 Å². The number of ether oxygens (including phenoxy) is 1. The Morgan fingerprint density at radius 2 is 2.00 bits per heavy atom. The van der Waals surface area contributed by atoms with Crippen LogP contribution in [0.25, 0.3) is 0 Å². The van der Waals surface area contributed by atoms with Crippen LogP contribution in [0.5, 0.6) is 5.75 Å². The highest BCUT2D eigenvalue weighted by atomic mass is 35.5. The van der Waals surface area contributed by atoms with Crippen LogP contribution in [-0.2, 0) is 6.18 Å². The van der Waals surface area contributed by atoms with Crippen LogP contribution in [0.1, 0.15) is 15.9 Å². The third kappa shape index (κ3) is 2.21. The van der Waals surface area contributed by atoms with E-state index in [-0.39, 0.29) is 5.02 Å². The molecule has 1 rings (SSSR count). The van der Waals surface area contributed by atoms with Crippen LogP contribution in [-0.4, -0.2) is 13.0 Å². The van der Waals surface area contributed by atoms with Gasteiger partial charge < -0.3 is 10.5 Å². The fraction of sp³-hybridized carbons (Fsp3) is 0.222. The number of hydrogen-bond acceptors (Lipinski definition) is 2. The third-order valence-corrected chi connectivity index (χ3v) is 2.18. The number of rotatable bonds is 2. The van der Waals surface area contributed by atoms with Gasteiger partial charge in [-0.1, -0.05) is 11.6 Å². The Kier molecular flexibility index (Phi) is 3.32. The van der Waals surface area contributed by atoms with E-state index in [2.05, 4.69) is 4.74 Å². The summed E-state index contributed by atoms with van der Waals surface area (Å²) in [6.07, 6.45) is -4.64. The molecule has 88 valence electrons. The molecule has 0 bridgehead atoms. The summed E-state index contributed by atoms with van der Waals surface area (Å²) in [7, 11) is 1.01. The molecular formula is C9H7ClF3NO2. The van der Waals surface area contributed by atoms with E-state index in [0.717, 1.165) is 19.2 Å². The molecule has 1 amide bonds. The summed E-state index contributed by atoms with van der Waals surface area (Å²) in [6.45, 7) is 0. The van der Waals surface area contributed by atoms with E-state index >= 15 is 0 Å². The van der Waals surface area contributed by atoms with Crippen molar-refractivity contribution in [3.05, 3.63) is 28.3 Å². The molecule has 0 heterocycles. The zero-order chi connectivity index (χ0) is 12.5. The number of benzene rings is 1. The maximum atomic E-state index is 12.5. The first-order valence-corrected chi connectivity index (χ1v) is 4.40. The maximum absolute atomic E-state index is 12.5. The van der Waals surface area contributed by atoms with Gasteiger partial charge in [-0.25, -0.2) is 0 Å². The van der Waals surface area contributed by atoms with E-state index < -0.39 is 29.0 Å². The lowest BCUT2D eigenvalue weighted by atomic mass is 10.1. The first-order valence-electron chi connectivity index (χ1n) is 4.02. The van der Waals surface area contributed by atoms with Gasteiger partial charge in [-0.15, -0.1) is 0 Å². The van der Waals surface area contributed by atoms with Gasteiger partial charge in [0, 0.05) is 0 Å². The van der Waals surface area contributed by atoms with Gasteiger partial charge in [0.1, 0.15) is 11.3 Å². The number of nitrogens with two attached hydrogens (primary N) is 1. The van der Waals surface area contributed by atoms with E-state index in [1.165, 1.54) is 0 Å². The molecule has 0 saturated carbocycles. The molecule has 0 atom stereocenters. The predicted molar refractivity (Wildman–Crippen MR) is 51.5 cm³/mol. The van der Waals surface area contributed by atoms with Crippen molar-refractivity contribution < 1.29 is 22.7 Å². The summed E-state index contributed by atoms with van der Waals surface area (Å²) in [5.74, 6) is -1.74. The molecule has 1 aromatic rings. The van der Waals surface area contributed by atoms with Gasteiger partial charge in [-0.05, 0) is 12.1 Å². The van der Waals surface area contributed by atoms with Crippen LogP contribution in [0.3, 0.4) is 0 Å². The van der Waals surface area contributed by atoms with E-state index in [4.69, 9.17) is 17.3 Å². The average molecular weight is 254 g/mol. The minimum absolute atomic E-state index is 0.183. The van der Waals surface area contributed by atoms with E-state index in [0.29, 0.717) is 0 Å². The van der Waals surface area contributed by atoms with Crippen molar-refractivity contribution in [1.82, 2.24) is 0 Å². The quantitative estimate of drug-likeness (QED) is 0.880. The highest BCUT2D eigenvalue weighted by molar-refractivity contribution is 6.34. The largest absolute Gasteiger partial charge is 0.495 e.